The van der Waals surface area contributed by atoms with E-state index in [1.165, 1.54) is 15.3 Å². The third-order valence-electron chi connectivity index (χ3n) is 3.06. The summed E-state index contributed by atoms with van der Waals surface area (Å²) in [5.74, 6) is 0. The summed E-state index contributed by atoms with van der Waals surface area (Å²) in [7, 11) is 0. The smallest absolute Gasteiger partial charge is 0.407 e. The van der Waals surface area contributed by atoms with Crippen LogP contribution in [0.15, 0.2) is 6.07 Å². The lowest BCUT2D eigenvalue weighted by molar-refractivity contribution is 0.0502. The van der Waals surface area contributed by atoms with Gasteiger partial charge >= 0.3 is 6.09 Å². The molecule has 0 fully saturated rings. The standard InChI is InChI=1S/C16H28N2O2S/c1-7-14(18-15(19)20-16(4,5)6)10-17-9-13-8-11(2)21-12(13)3/h8,14,17H,7,9-10H2,1-6H3,(H,18,19). The zero-order valence-corrected chi connectivity index (χ0v) is 14.8. The van der Waals surface area contributed by atoms with Crippen molar-refractivity contribution in [3.63, 3.8) is 0 Å². The molecule has 0 spiro atoms. The number of hydrogen-bond acceptors (Lipinski definition) is 4. The molecule has 5 heteroatoms. The molecule has 1 heterocycles. The summed E-state index contributed by atoms with van der Waals surface area (Å²) in [5, 5.41) is 6.32. The number of carbonyl (C=O) groups excluding carboxylic acids is 1. The van der Waals surface area contributed by atoms with Crippen LogP contribution in [0.2, 0.25) is 0 Å². The lowest BCUT2D eigenvalue weighted by Gasteiger charge is -2.23. The first kappa shape index (κ1) is 18.0. The lowest BCUT2D eigenvalue weighted by Crippen LogP contribution is -2.43. The average Bonchev–Trinajstić information content (AvgIpc) is 2.64. The summed E-state index contributed by atoms with van der Waals surface area (Å²) in [6, 6.07) is 2.30. The Labute approximate surface area is 132 Å². The molecule has 0 aliphatic heterocycles. The molecule has 1 atom stereocenters. The maximum atomic E-state index is 11.8. The Morgan fingerprint density at radius 1 is 1.38 bits per heavy atom. The molecule has 21 heavy (non-hydrogen) atoms. The second-order valence-electron chi connectivity index (χ2n) is 6.32. The Morgan fingerprint density at radius 3 is 2.52 bits per heavy atom. The number of thiophene rings is 1. The van der Waals surface area contributed by atoms with Crippen LogP contribution in [0.5, 0.6) is 0 Å². The first-order valence-electron chi connectivity index (χ1n) is 7.47. The van der Waals surface area contributed by atoms with Gasteiger partial charge in [-0.25, -0.2) is 4.79 Å². The number of ether oxygens (including phenoxy) is 1. The second kappa shape index (κ2) is 7.80. The van der Waals surface area contributed by atoms with Crippen molar-refractivity contribution in [1.29, 1.82) is 0 Å². The highest BCUT2D eigenvalue weighted by atomic mass is 32.1. The lowest BCUT2D eigenvalue weighted by atomic mass is 10.2. The van der Waals surface area contributed by atoms with Gasteiger partial charge in [0.15, 0.2) is 0 Å². The molecule has 1 unspecified atom stereocenters. The second-order valence-corrected chi connectivity index (χ2v) is 7.78. The largest absolute Gasteiger partial charge is 0.444 e. The third-order valence-corrected chi connectivity index (χ3v) is 4.07. The number of rotatable bonds is 6. The highest BCUT2D eigenvalue weighted by Gasteiger charge is 2.18. The average molecular weight is 312 g/mol. The highest BCUT2D eigenvalue weighted by molar-refractivity contribution is 7.12. The maximum absolute atomic E-state index is 11.8. The van der Waals surface area contributed by atoms with E-state index in [9.17, 15) is 4.79 Å². The molecule has 0 radical (unpaired) electrons. The number of nitrogens with one attached hydrogen (secondary N) is 2. The number of hydrogen-bond donors (Lipinski definition) is 2. The molecule has 4 nitrogen and oxygen atoms in total. The molecule has 120 valence electrons. The first-order chi connectivity index (χ1) is 9.71. The summed E-state index contributed by atoms with van der Waals surface area (Å²) >= 11 is 1.82. The van der Waals surface area contributed by atoms with Crippen molar-refractivity contribution in [2.75, 3.05) is 6.54 Å². The predicted molar refractivity (Wildman–Crippen MR) is 88.9 cm³/mol. The highest BCUT2D eigenvalue weighted by Crippen LogP contribution is 2.20. The van der Waals surface area contributed by atoms with Crippen molar-refractivity contribution in [2.24, 2.45) is 0 Å². The molecule has 1 rings (SSSR count). The van der Waals surface area contributed by atoms with Gasteiger partial charge in [0.2, 0.25) is 0 Å². The van der Waals surface area contributed by atoms with Crippen LogP contribution in [0, 0.1) is 13.8 Å². The molecule has 1 aromatic rings. The Kier molecular flexibility index (Phi) is 6.68. The molecular formula is C16H28N2O2S. The fourth-order valence-corrected chi connectivity index (χ4v) is 2.96. The molecule has 1 amide bonds. The van der Waals surface area contributed by atoms with Crippen LogP contribution in [0.3, 0.4) is 0 Å². The number of aryl methyl sites for hydroxylation is 2. The Balaban J connectivity index is 2.37. The van der Waals surface area contributed by atoms with Crippen LogP contribution in [0.4, 0.5) is 4.79 Å². The molecule has 0 saturated carbocycles. The van der Waals surface area contributed by atoms with Crippen molar-refractivity contribution in [3.8, 4) is 0 Å². The van der Waals surface area contributed by atoms with Crippen LogP contribution in [-0.4, -0.2) is 24.3 Å². The molecule has 0 aliphatic rings. The summed E-state index contributed by atoms with van der Waals surface area (Å²) in [6.07, 6.45) is 0.521. The molecular weight excluding hydrogens is 284 g/mol. The molecule has 1 aromatic heterocycles. The van der Waals surface area contributed by atoms with E-state index in [0.717, 1.165) is 19.5 Å². The van der Waals surface area contributed by atoms with E-state index in [1.54, 1.807) is 0 Å². The van der Waals surface area contributed by atoms with E-state index < -0.39 is 5.60 Å². The Hall–Kier alpha value is -1.07. The minimum absolute atomic E-state index is 0.0832. The monoisotopic (exact) mass is 312 g/mol. The van der Waals surface area contributed by atoms with Gasteiger partial charge in [0.25, 0.3) is 0 Å². The van der Waals surface area contributed by atoms with Crippen molar-refractivity contribution < 1.29 is 9.53 Å². The topological polar surface area (TPSA) is 50.4 Å². The van der Waals surface area contributed by atoms with Crippen molar-refractivity contribution in [3.05, 3.63) is 21.4 Å². The van der Waals surface area contributed by atoms with Crippen molar-refractivity contribution in [1.82, 2.24) is 10.6 Å². The SMILES string of the molecule is CCC(CNCc1cc(C)sc1C)NC(=O)OC(C)(C)C. The van der Waals surface area contributed by atoms with Gasteiger partial charge in [-0.3, -0.25) is 0 Å². The quantitative estimate of drug-likeness (QED) is 0.841. The maximum Gasteiger partial charge on any atom is 0.407 e. The summed E-state index contributed by atoms with van der Waals surface area (Å²) in [4.78, 5) is 14.5. The zero-order valence-electron chi connectivity index (χ0n) is 14.0. The molecule has 0 aliphatic carbocycles. The minimum Gasteiger partial charge on any atom is -0.444 e. The number of carbonyl (C=O) groups is 1. The van der Waals surface area contributed by atoms with Gasteiger partial charge in [-0.15, -0.1) is 11.3 Å². The van der Waals surface area contributed by atoms with Crippen molar-refractivity contribution >= 4 is 17.4 Å². The number of amides is 1. The van der Waals surface area contributed by atoms with Gasteiger partial charge in [-0.05, 0) is 52.7 Å². The number of alkyl carbamates (subject to hydrolysis) is 1. The van der Waals surface area contributed by atoms with Crippen LogP contribution < -0.4 is 10.6 Å². The molecule has 0 saturated heterocycles. The van der Waals surface area contributed by atoms with Gasteiger partial charge in [0.1, 0.15) is 5.60 Å². The van der Waals surface area contributed by atoms with Crippen LogP contribution >= 0.6 is 11.3 Å². The van der Waals surface area contributed by atoms with Crippen molar-refractivity contribution in [2.45, 2.75) is 66.2 Å². The third kappa shape index (κ3) is 6.96. The fourth-order valence-electron chi connectivity index (χ4n) is 2.01. The first-order valence-corrected chi connectivity index (χ1v) is 8.29. The van der Waals surface area contributed by atoms with E-state index in [0.29, 0.717) is 0 Å². The minimum atomic E-state index is -0.457. The van der Waals surface area contributed by atoms with E-state index in [2.05, 4.69) is 37.5 Å². The predicted octanol–water partition coefficient (Wildman–Crippen LogP) is 3.76. The van der Waals surface area contributed by atoms with Crippen LogP contribution in [0.1, 0.15) is 49.4 Å². The van der Waals surface area contributed by atoms with Gasteiger partial charge in [-0.2, -0.15) is 0 Å². The van der Waals surface area contributed by atoms with Gasteiger partial charge in [0, 0.05) is 28.9 Å². The Bertz CT molecular complexity index is 463. The van der Waals surface area contributed by atoms with Gasteiger partial charge < -0.3 is 15.4 Å². The van der Waals surface area contributed by atoms with E-state index in [1.807, 2.05) is 32.1 Å². The molecule has 2 N–H and O–H groups in total. The van der Waals surface area contributed by atoms with E-state index in [4.69, 9.17) is 4.74 Å². The normalized spacial score (nSPS) is 13.0. The van der Waals surface area contributed by atoms with Crippen LogP contribution in [0.25, 0.3) is 0 Å². The summed E-state index contributed by atoms with van der Waals surface area (Å²) < 4.78 is 5.28. The zero-order chi connectivity index (χ0) is 16.0. The summed E-state index contributed by atoms with van der Waals surface area (Å²) in [6.45, 7) is 13.5. The summed E-state index contributed by atoms with van der Waals surface area (Å²) in [5.41, 5.74) is 0.880. The Morgan fingerprint density at radius 2 is 2.05 bits per heavy atom. The molecule has 0 bridgehead atoms. The molecule has 0 aromatic carbocycles. The van der Waals surface area contributed by atoms with Crippen LogP contribution in [-0.2, 0) is 11.3 Å². The van der Waals surface area contributed by atoms with Gasteiger partial charge in [0.05, 0.1) is 0 Å². The van der Waals surface area contributed by atoms with E-state index >= 15 is 0 Å². The van der Waals surface area contributed by atoms with Gasteiger partial charge in [-0.1, -0.05) is 6.92 Å². The van der Waals surface area contributed by atoms with E-state index in [-0.39, 0.29) is 12.1 Å². The fraction of sp³-hybridized carbons (Fsp3) is 0.688.